The maximum absolute atomic E-state index is 10.2. The average Bonchev–Trinajstić information content (AvgIpc) is 2.05. The second-order valence-corrected chi connectivity index (χ2v) is 2.27. The summed E-state index contributed by atoms with van der Waals surface area (Å²) < 4.78 is 4.80. The Labute approximate surface area is 77.0 Å². The van der Waals surface area contributed by atoms with Crippen molar-refractivity contribution in [1.82, 2.24) is 0 Å². The third kappa shape index (κ3) is 2.04. The molecule has 5 heteroatoms. The summed E-state index contributed by atoms with van der Waals surface area (Å²) in [5, 5.41) is 10.2. The molecule has 1 aromatic rings. The first kappa shape index (κ1) is 8.25. The topological polar surface area (TPSA) is 52.4 Å². The van der Waals surface area contributed by atoms with Gasteiger partial charge in [0.2, 0.25) is 0 Å². The highest BCUT2D eigenvalue weighted by Crippen LogP contribution is 2.18. The van der Waals surface area contributed by atoms with Gasteiger partial charge in [0.1, 0.15) is 5.75 Å². The van der Waals surface area contributed by atoms with Crippen molar-refractivity contribution in [2.45, 2.75) is 0 Å². The zero-order valence-corrected chi connectivity index (χ0v) is 7.52. The van der Waals surface area contributed by atoms with Gasteiger partial charge in [-0.2, -0.15) is 0 Å². The summed E-state index contributed by atoms with van der Waals surface area (Å²) in [6.45, 7) is 0. The van der Waals surface area contributed by atoms with Crippen LogP contribution in [0.2, 0.25) is 0 Å². The molecule has 0 aliphatic heterocycles. The van der Waals surface area contributed by atoms with Crippen molar-refractivity contribution in [3.63, 3.8) is 0 Å². The molecule has 0 saturated carbocycles. The van der Waals surface area contributed by atoms with Gasteiger partial charge in [-0.25, -0.2) is 0 Å². The minimum absolute atomic E-state index is 0.0715. The Bertz CT molecular complexity index is 259. The van der Waals surface area contributed by atoms with Gasteiger partial charge >= 0.3 is 0 Å². The van der Waals surface area contributed by atoms with Crippen LogP contribution in [0.25, 0.3) is 0 Å². The second kappa shape index (κ2) is 3.51. The van der Waals surface area contributed by atoms with Crippen molar-refractivity contribution in [1.29, 1.82) is 0 Å². The molecule has 0 bridgehead atoms. The number of rotatable bonds is 2. The van der Waals surface area contributed by atoms with E-state index < -0.39 is 4.92 Å². The van der Waals surface area contributed by atoms with E-state index in [9.17, 15) is 10.1 Å². The van der Waals surface area contributed by atoms with Crippen molar-refractivity contribution in [3.05, 3.63) is 34.4 Å². The number of halogens is 1. The minimum Gasteiger partial charge on any atom is -0.428 e. The number of hydrogen-bond donors (Lipinski definition) is 0. The molecule has 4 nitrogen and oxygen atoms in total. The molecule has 58 valence electrons. The number of nitro benzene ring substituents is 1. The van der Waals surface area contributed by atoms with Crippen molar-refractivity contribution < 1.29 is 7.99 Å². The van der Waals surface area contributed by atoms with Gasteiger partial charge in [-0.1, -0.05) is 0 Å². The maximum atomic E-state index is 10.2. The summed E-state index contributed by atoms with van der Waals surface area (Å²) in [5.41, 5.74) is 0.0715. The lowest BCUT2D eigenvalue weighted by atomic mass is 10.3. The molecule has 11 heavy (non-hydrogen) atoms. The Balaban J connectivity index is 2.91. The fraction of sp³-hybridized carbons (Fsp3) is 0. The van der Waals surface area contributed by atoms with Gasteiger partial charge in [0.05, 0.1) is 4.92 Å². The quantitative estimate of drug-likeness (QED) is 0.468. The van der Waals surface area contributed by atoms with Crippen LogP contribution >= 0.6 is 23.0 Å². The van der Waals surface area contributed by atoms with Gasteiger partial charge in [0, 0.05) is 12.1 Å². The van der Waals surface area contributed by atoms with E-state index in [0.29, 0.717) is 5.75 Å². The van der Waals surface area contributed by atoms with E-state index in [-0.39, 0.29) is 5.69 Å². The van der Waals surface area contributed by atoms with Crippen LogP contribution in [-0.4, -0.2) is 4.92 Å². The number of non-ortho nitro benzene ring substituents is 1. The van der Waals surface area contributed by atoms with Crippen LogP contribution in [-0.2, 0) is 0 Å². The molecule has 0 amide bonds. The molecule has 1 aromatic carbocycles. The van der Waals surface area contributed by atoms with Crippen molar-refractivity contribution in [2.75, 3.05) is 0 Å². The molecule has 0 radical (unpaired) electrons. The molecule has 0 unspecified atom stereocenters. The summed E-state index contributed by atoms with van der Waals surface area (Å²) in [7, 11) is 0. The highest BCUT2D eigenvalue weighted by molar-refractivity contribution is 14.1. The fourth-order valence-electron chi connectivity index (χ4n) is 0.619. The largest absolute Gasteiger partial charge is 0.428 e. The first-order chi connectivity index (χ1) is 5.24. The Morgan fingerprint density at radius 2 is 1.91 bits per heavy atom. The van der Waals surface area contributed by atoms with Gasteiger partial charge in [-0.05, 0) is 12.1 Å². The van der Waals surface area contributed by atoms with E-state index in [1.165, 1.54) is 12.1 Å². The third-order valence-corrected chi connectivity index (χ3v) is 1.65. The summed E-state index contributed by atoms with van der Waals surface area (Å²) >= 11 is 1.71. The van der Waals surface area contributed by atoms with Crippen molar-refractivity contribution in [2.24, 2.45) is 0 Å². The van der Waals surface area contributed by atoms with E-state index >= 15 is 0 Å². The highest BCUT2D eigenvalue weighted by atomic mass is 127. The van der Waals surface area contributed by atoms with Gasteiger partial charge < -0.3 is 3.07 Å². The number of hydrogen-bond acceptors (Lipinski definition) is 3. The van der Waals surface area contributed by atoms with Crippen LogP contribution in [0.4, 0.5) is 5.69 Å². The Morgan fingerprint density at radius 1 is 1.36 bits per heavy atom. The van der Waals surface area contributed by atoms with Crippen LogP contribution in [0.3, 0.4) is 0 Å². The third-order valence-electron chi connectivity index (χ3n) is 1.14. The zero-order valence-electron chi connectivity index (χ0n) is 5.36. The van der Waals surface area contributed by atoms with E-state index in [0.717, 1.165) is 0 Å². The average molecular weight is 265 g/mol. The molecule has 0 aliphatic carbocycles. The molecule has 0 heterocycles. The van der Waals surface area contributed by atoms with Gasteiger partial charge in [-0.3, -0.25) is 10.1 Å². The molecular weight excluding hydrogens is 261 g/mol. The molecule has 0 aliphatic rings. The van der Waals surface area contributed by atoms with E-state index in [4.69, 9.17) is 3.07 Å². The monoisotopic (exact) mass is 265 g/mol. The molecular formula is C6H4INO3. The van der Waals surface area contributed by atoms with Gasteiger partial charge in [0.25, 0.3) is 5.69 Å². The van der Waals surface area contributed by atoms with Crippen molar-refractivity contribution >= 4 is 28.7 Å². The summed E-state index contributed by atoms with van der Waals surface area (Å²) in [6, 6.07) is 5.89. The van der Waals surface area contributed by atoms with Crippen LogP contribution in [0.15, 0.2) is 24.3 Å². The normalized spacial score (nSPS) is 9.18. The molecule has 0 atom stereocenters. The minimum atomic E-state index is -0.447. The maximum Gasteiger partial charge on any atom is 0.269 e. The second-order valence-electron chi connectivity index (χ2n) is 1.83. The van der Waals surface area contributed by atoms with E-state index in [1.54, 1.807) is 35.1 Å². The summed E-state index contributed by atoms with van der Waals surface area (Å²) in [4.78, 5) is 9.72. The first-order valence-electron chi connectivity index (χ1n) is 2.77. The lowest BCUT2D eigenvalue weighted by molar-refractivity contribution is -0.384. The molecule has 0 saturated heterocycles. The van der Waals surface area contributed by atoms with Crippen molar-refractivity contribution in [3.8, 4) is 5.75 Å². The zero-order chi connectivity index (χ0) is 8.27. The SMILES string of the molecule is O=[N+]([O-])c1ccc(OI)cc1. The number of nitrogens with zero attached hydrogens (tertiary/aromatic N) is 1. The van der Waals surface area contributed by atoms with E-state index in [2.05, 4.69) is 0 Å². The summed E-state index contributed by atoms with van der Waals surface area (Å²) in [6.07, 6.45) is 0. The van der Waals surface area contributed by atoms with Crippen LogP contribution in [0.5, 0.6) is 5.75 Å². The molecule has 0 aromatic heterocycles. The predicted molar refractivity (Wildman–Crippen MR) is 47.7 cm³/mol. The Kier molecular flexibility index (Phi) is 2.64. The van der Waals surface area contributed by atoms with Crippen LogP contribution in [0.1, 0.15) is 0 Å². The molecule has 0 fully saturated rings. The Hall–Kier alpha value is -0.850. The summed E-state index contributed by atoms with van der Waals surface area (Å²) in [5.74, 6) is 0.608. The lowest BCUT2D eigenvalue weighted by Gasteiger charge is -1.93. The highest BCUT2D eigenvalue weighted by Gasteiger charge is 2.02. The lowest BCUT2D eigenvalue weighted by Crippen LogP contribution is -1.86. The van der Waals surface area contributed by atoms with E-state index in [1.807, 2.05) is 0 Å². The predicted octanol–water partition coefficient (Wildman–Crippen LogP) is 2.32. The smallest absolute Gasteiger partial charge is 0.269 e. The van der Waals surface area contributed by atoms with Crippen LogP contribution in [0, 0.1) is 10.1 Å². The van der Waals surface area contributed by atoms with Gasteiger partial charge in [0.15, 0.2) is 23.0 Å². The first-order valence-corrected chi connectivity index (χ1v) is 3.65. The number of benzene rings is 1. The van der Waals surface area contributed by atoms with Gasteiger partial charge in [-0.15, -0.1) is 0 Å². The standard InChI is InChI=1S/C6H4INO3/c7-11-6-3-1-5(2-4-6)8(9)10/h1-4H. The Morgan fingerprint density at radius 3 is 2.27 bits per heavy atom. The molecule has 1 rings (SSSR count). The number of nitro groups is 1. The molecule has 0 spiro atoms. The molecule has 0 N–H and O–H groups in total. The van der Waals surface area contributed by atoms with Crippen LogP contribution < -0.4 is 3.07 Å². The fourth-order valence-corrected chi connectivity index (χ4v) is 0.913.